The van der Waals surface area contributed by atoms with Gasteiger partial charge in [-0.2, -0.15) is 0 Å². The number of nitrogens with one attached hydrogen (secondary N) is 1. The van der Waals surface area contributed by atoms with Gasteiger partial charge < -0.3 is 4.98 Å². The molecule has 2 rings (SSSR count). The molecule has 0 saturated heterocycles. The third kappa shape index (κ3) is 1.60. The van der Waals surface area contributed by atoms with E-state index in [1.54, 1.807) is 6.07 Å². The summed E-state index contributed by atoms with van der Waals surface area (Å²) in [7, 11) is 0. The number of hydrogen-bond donors (Lipinski definition) is 1. The number of pyridine rings is 2. The van der Waals surface area contributed by atoms with Crippen molar-refractivity contribution in [1.82, 2.24) is 9.97 Å². The second-order valence-corrected chi connectivity index (χ2v) is 3.69. The molecule has 0 bridgehead atoms. The van der Waals surface area contributed by atoms with Gasteiger partial charge >= 0.3 is 0 Å². The quantitative estimate of drug-likeness (QED) is 0.843. The lowest BCUT2D eigenvalue weighted by atomic mass is 10.1. The lowest BCUT2D eigenvalue weighted by Crippen LogP contribution is -2.13. The molecule has 0 spiro atoms. The van der Waals surface area contributed by atoms with Gasteiger partial charge in [-0.1, -0.05) is 13.8 Å². The molecule has 2 aromatic rings. The second kappa shape index (κ2) is 4.04. The summed E-state index contributed by atoms with van der Waals surface area (Å²) in [5.41, 5.74) is 1.63. The van der Waals surface area contributed by atoms with Crippen molar-refractivity contribution in [2.24, 2.45) is 0 Å². The molecule has 0 atom stereocenters. The van der Waals surface area contributed by atoms with E-state index >= 15 is 0 Å². The Hall–Kier alpha value is -1.71. The van der Waals surface area contributed by atoms with Crippen molar-refractivity contribution in [2.45, 2.75) is 26.7 Å². The molecular weight excluding hydrogens is 207 g/mol. The zero-order valence-corrected chi connectivity index (χ0v) is 9.30. The number of aryl methyl sites for hydroxylation is 2. The van der Waals surface area contributed by atoms with E-state index in [2.05, 4.69) is 9.97 Å². The molecule has 2 heterocycles. The summed E-state index contributed by atoms with van der Waals surface area (Å²) in [5.74, 6) is -0.368. The van der Waals surface area contributed by atoms with Gasteiger partial charge in [0.15, 0.2) is 5.82 Å². The minimum Gasteiger partial charge on any atom is -0.318 e. The molecule has 0 aliphatic heterocycles. The Balaban J connectivity index is 2.81. The van der Waals surface area contributed by atoms with Crippen LogP contribution in [0, 0.1) is 5.82 Å². The second-order valence-electron chi connectivity index (χ2n) is 3.69. The predicted octanol–water partition coefficient (Wildman–Crippen LogP) is 2.19. The van der Waals surface area contributed by atoms with E-state index in [1.165, 1.54) is 6.20 Å². The van der Waals surface area contributed by atoms with Gasteiger partial charge in [0, 0.05) is 17.3 Å². The summed E-state index contributed by atoms with van der Waals surface area (Å²) < 4.78 is 13.9. The average molecular weight is 220 g/mol. The van der Waals surface area contributed by atoms with Crippen molar-refractivity contribution in [3.63, 3.8) is 0 Å². The molecule has 16 heavy (non-hydrogen) atoms. The number of hydrogen-bond acceptors (Lipinski definition) is 2. The monoisotopic (exact) mass is 220 g/mol. The molecule has 0 aliphatic carbocycles. The Morgan fingerprint density at radius 2 is 2.00 bits per heavy atom. The first kappa shape index (κ1) is 10.8. The number of aromatic nitrogens is 2. The highest BCUT2D eigenvalue weighted by atomic mass is 19.1. The minimum atomic E-state index is -0.368. The minimum absolute atomic E-state index is 0.210. The molecule has 84 valence electrons. The molecular formula is C12H13FN2O. The maximum atomic E-state index is 13.9. The van der Waals surface area contributed by atoms with Gasteiger partial charge in [0.2, 0.25) is 0 Å². The number of aromatic amines is 1. The van der Waals surface area contributed by atoms with Crippen LogP contribution in [0.15, 0.2) is 17.1 Å². The molecule has 0 aromatic carbocycles. The van der Waals surface area contributed by atoms with Crippen LogP contribution in [0.3, 0.4) is 0 Å². The zero-order valence-electron chi connectivity index (χ0n) is 9.30. The normalized spacial score (nSPS) is 10.9. The van der Waals surface area contributed by atoms with Gasteiger partial charge in [-0.05, 0) is 18.9 Å². The molecule has 4 heteroatoms. The van der Waals surface area contributed by atoms with Crippen LogP contribution in [-0.4, -0.2) is 9.97 Å². The average Bonchev–Trinajstić information content (AvgIpc) is 2.30. The lowest BCUT2D eigenvalue weighted by Gasteiger charge is -2.04. The Kier molecular flexibility index (Phi) is 2.73. The van der Waals surface area contributed by atoms with Crippen molar-refractivity contribution in [1.29, 1.82) is 0 Å². The largest absolute Gasteiger partial charge is 0.318 e. The van der Waals surface area contributed by atoms with Crippen molar-refractivity contribution in [3.8, 4) is 0 Å². The van der Waals surface area contributed by atoms with Crippen LogP contribution in [0.1, 0.15) is 25.0 Å². The third-order valence-electron chi connectivity index (χ3n) is 2.72. The van der Waals surface area contributed by atoms with E-state index in [1.807, 2.05) is 13.8 Å². The summed E-state index contributed by atoms with van der Waals surface area (Å²) in [6.07, 6.45) is 2.70. The molecule has 0 saturated carbocycles. The van der Waals surface area contributed by atoms with Crippen LogP contribution in [-0.2, 0) is 12.8 Å². The van der Waals surface area contributed by atoms with Crippen LogP contribution in [0.25, 0.3) is 11.0 Å². The highest BCUT2D eigenvalue weighted by Gasteiger charge is 2.09. The molecule has 1 N–H and O–H groups in total. The van der Waals surface area contributed by atoms with Crippen LogP contribution in [0.5, 0.6) is 0 Å². The highest BCUT2D eigenvalue weighted by Crippen LogP contribution is 2.16. The molecule has 0 amide bonds. The van der Waals surface area contributed by atoms with Crippen LogP contribution in [0.4, 0.5) is 4.39 Å². The van der Waals surface area contributed by atoms with E-state index in [-0.39, 0.29) is 16.9 Å². The Morgan fingerprint density at radius 1 is 1.31 bits per heavy atom. The summed E-state index contributed by atoms with van der Waals surface area (Å²) in [6.45, 7) is 3.73. The standard InChI is InChI=1S/C12H13FN2O/c1-3-7-5-9-11(15-12(7)16)10(13)8(4-2)6-14-9/h5-6H,3-4H2,1-2H3,(H,15,16). The first-order valence-electron chi connectivity index (χ1n) is 5.36. The number of rotatable bonds is 2. The van der Waals surface area contributed by atoms with Gasteiger partial charge in [-0.3, -0.25) is 9.78 Å². The fourth-order valence-electron chi connectivity index (χ4n) is 1.70. The van der Waals surface area contributed by atoms with Gasteiger partial charge in [0.05, 0.1) is 5.52 Å². The van der Waals surface area contributed by atoms with E-state index in [9.17, 15) is 9.18 Å². The molecule has 0 fully saturated rings. The summed E-state index contributed by atoms with van der Waals surface area (Å²) in [4.78, 5) is 18.3. The SMILES string of the molecule is CCc1cnc2cc(CC)c(=O)[nH]c2c1F. The van der Waals surface area contributed by atoms with Crippen LogP contribution in [0.2, 0.25) is 0 Å². The predicted molar refractivity (Wildman–Crippen MR) is 61.1 cm³/mol. The van der Waals surface area contributed by atoms with E-state index in [0.29, 0.717) is 29.5 Å². The zero-order chi connectivity index (χ0) is 11.7. The van der Waals surface area contributed by atoms with Crippen molar-refractivity contribution >= 4 is 11.0 Å². The fourth-order valence-corrected chi connectivity index (χ4v) is 1.70. The van der Waals surface area contributed by atoms with Gasteiger partial charge in [-0.25, -0.2) is 4.39 Å². The van der Waals surface area contributed by atoms with E-state index < -0.39 is 0 Å². The van der Waals surface area contributed by atoms with E-state index in [0.717, 1.165) is 0 Å². The third-order valence-corrected chi connectivity index (χ3v) is 2.72. The number of H-pyrrole nitrogens is 1. The number of nitrogens with zero attached hydrogens (tertiary/aromatic N) is 1. The van der Waals surface area contributed by atoms with Crippen molar-refractivity contribution < 1.29 is 4.39 Å². The van der Waals surface area contributed by atoms with E-state index in [4.69, 9.17) is 0 Å². The Labute approximate surface area is 92.3 Å². The number of halogens is 1. The molecule has 3 nitrogen and oxygen atoms in total. The Bertz CT molecular complexity index is 589. The highest BCUT2D eigenvalue weighted by molar-refractivity contribution is 5.75. The summed E-state index contributed by atoms with van der Waals surface area (Å²) in [5, 5.41) is 0. The first-order valence-corrected chi connectivity index (χ1v) is 5.36. The lowest BCUT2D eigenvalue weighted by molar-refractivity contribution is 0.619. The smallest absolute Gasteiger partial charge is 0.251 e. The fraction of sp³-hybridized carbons (Fsp3) is 0.333. The Morgan fingerprint density at radius 3 is 2.62 bits per heavy atom. The van der Waals surface area contributed by atoms with Gasteiger partial charge in [0.25, 0.3) is 5.56 Å². The summed E-state index contributed by atoms with van der Waals surface area (Å²) >= 11 is 0. The molecule has 2 aromatic heterocycles. The maximum absolute atomic E-state index is 13.9. The first-order chi connectivity index (χ1) is 7.67. The number of fused-ring (bicyclic) bond motifs is 1. The van der Waals surface area contributed by atoms with Gasteiger partial charge in [0.1, 0.15) is 5.52 Å². The van der Waals surface area contributed by atoms with Gasteiger partial charge in [-0.15, -0.1) is 0 Å². The molecule has 0 radical (unpaired) electrons. The van der Waals surface area contributed by atoms with Crippen LogP contribution < -0.4 is 5.56 Å². The molecule has 0 unspecified atom stereocenters. The van der Waals surface area contributed by atoms with Crippen molar-refractivity contribution in [3.05, 3.63) is 39.6 Å². The summed E-state index contributed by atoms with van der Waals surface area (Å²) in [6, 6.07) is 1.65. The van der Waals surface area contributed by atoms with Crippen LogP contribution >= 0.6 is 0 Å². The maximum Gasteiger partial charge on any atom is 0.251 e. The topological polar surface area (TPSA) is 45.8 Å². The molecule has 0 aliphatic rings. The van der Waals surface area contributed by atoms with Crippen molar-refractivity contribution in [2.75, 3.05) is 0 Å².